The molecule has 0 spiro atoms. The first-order chi connectivity index (χ1) is 9.15. The average molecular weight is 256 g/mol. The summed E-state index contributed by atoms with van der Waals surface area (Å²) in [7, 11) is 0. The molecular formula is C13H12N4O2. The van der Waals surface area contributed by atoms with E-state index in [1.54, 1.807) is 6.20 Å². The van der Waals surface area contributed by atoms with Gasteiger partial charge in [-0.05, 0) is 18.1 Å². The number of rotatable bonds is 1. The number of imide groups is 1. The fraction of sp³-hybridized carbons (Fsp3) is 0.231. The van der Waals surface area contributed by atoms with E-state index in [0.717, 1.165) is 16.3 Å². The van der Waals surface area contributed by atoms with E-state index in [1.807, 2.05) is 18.2 Å². The minimum atomic E-state index is -0.295. The Labute approximate surface area is 109 Å². The molecule has 1 aliphatic rings. The maximum Gasteiger partial charge on any atom is 0.234 e. The van der Waals surface area contributed by atoms with Crippen LogP contribution in [0.2, 0.25) is 0 Å². The van der Waals surface area contributed by atoms with E-state index >= 15 is 0 Å². The molecule has 6 nitrogen and oxygen atoms in total. The van der Waals surface area contributed by atoms with Gasteiger partial charge in [0, 0.05) is 17.2 Å². The summed E-state index contributed by atoms with van der Waals surface area (Å²) in [4.78, 5) is 23.0. The van der Waals surface area contributed by atoms with E-state index in [9.17, 15) is 9.59 Å². The lowest BCUT2D eigenvalue weighted by molar-refractivity contribution is -0.134. The predicted octanol–water partition coefficient (Wildman–Crippen LogP) is 0.732. The second-order valence-corrected chi connectivity index (χ2v) is 4.58. The Bertz CT molecular complexity index is 683. The average Bonchev–Trinajstić information content (AvgIpc) is 2.38. The number of hydrogen-bond donors (Lipinski definition) is 2. The molecule has 2 heterocycles. The molecule has 6 heteroatoms. The summed E-state index contributed by atoms with van der Waals surface area (Å²) in [6.45, 7) is 0. The van der Waals surface area contributed by atoms with Crippen molar-refractivity contribution in [2.75, 3.05) is 5.73 Å². The molecule has 1 unspecified atom stereocenters. The normalized spacial score (nSPS) is 19.5. The number of nitrogens with one attached hydrogen (secondary N) is 1. The number of benzene rings is 1. The van der Waals surface area contributed by atoms with Crippen LogP contribution in [0.5, 0.6) is 0 Å². The first-order valence-corrected chi connectivity index (χ1v) is 5.99. The van der Waals surface area contributed by atoms with Crippen LogP contribution < -0.4 is 11.1 Å². The number of nitrogen functional groups attached to an aromatic ring is 1. The quantitative estimate of drug-likeness (QED) is 0.733. The largest absolute Gasteiger partial charge is 0.382 e. The molecule has 0 saturated carbocycles. The van der Waals surface area contributed by atoms with Gasteiger partial charge in [0.15, 0.2) is 5.82 Å². The molecule has 3 rings (SSSR count). The zero-order valence-electron chi connectivity index (χ0n) is 10.1. The number of nitrogens with two attached hydrogens (primary N) is 1. The van der Waals surface area contributed by atoms with E-state index in [2.05, 4.69) is 15.5 Å². The minimum Gasteiger partial charge on any atom is -0.382 e. The molecule has 1 aliphatic heterocycles. The summed E-state index contributed by atoms with van der Waals surface area (Å²) in [6.07, 6.45) is 2.51. The molecule has 0 bridgehead atoms. The molecule has 1 aromatic carbocycles. The van der Waals surface area contributed by atoms with E-state index in [-0.39, 0.29) is 17.7 Å². The zero-order chi connectivity index (χ0) is 13.4. The van der Waals surface area contributed by atoms with Crippen molar-refractivity contribution in [2.24, 2.45) is 0 Å². The molecule has 19 heavy (non-hydrogen) atoms. The molecule has 3 N–H and O–H groups in total. The smallest absolute Gasteiger partial charge is 0.234 e. The Morgan fingerprint density at radius 3 is 2.95 bits per heavy atom. The van der Waals surface area contributed by atoms with Crippen LogP contribution >= 0.6 is 0 Å². The molecule has 2 amide bonds. The van der Waals surface area contributed by atoms with Gasteiger partial charge >= 0.3 is 0 Å². The summed E-state index contributed by atoms with van der Waals surface area (Å²) in [6, 6.07) is 5.55. The van der Waals surface area contributed by atoms with Gasteiger partial charge in [0.25, 0.3) is 0 Å². The van der Waals surface area contributed by atoms with Gasteiger partial charge in [0.05, 0.1) is 12.1 Å². The molecule has 1 saturated heterocycles. The summed E-state index contributed by atoms with van der Waals surface area (Å²) >= 11 is 0. The Morgan fingerprint density at radius 1 is 1.32 bits per heavy atom. The van der Waals surface area contributed by atoms with Crippen molar-refractivity contribution >= 4 is 28.4 Å². The topological polar surface area (TPSA) is 98.0 Å². The number of aromatic nitrogens is 2. The van der Waals surface area contributed by atoms with Gasteiger partial charge in [-0.3, -0.25) is 14.9 Å². The third-order valence-electron chi connectivity index (χ3n) is 3.36. The van der Waals surface area contributed by atoms with Gasteiger partial charge < -0.3 is 5.73 Å². The second kappa shape index (κ2) is 4.31. The van der Waals surface area contributed by atoms with Crippen molar-refractivity contribution in [3.63, 3.8) is 0 Å². The van der Waals surface area contributed by atoms with Crippen LogP contribution in [0.3, 0.4) is 0 Å². The maximum absolute atomic E-state index is 11.8. The van der Waals surface area contributed by atoms with Crippen molar-refractivity contribution < 1.29 is 9.59 Å². The number of piperidine rings is 1. The molecule has 96 valence electrons. The highest BCUT2D eigenvalue weighted by Crippen LogP contribution is 2.28. The molecule has 1 aromatic heterocycles. The summed E-state index contributed by atoms with van der Waals surface area (Å²) in [5, 5.41) is 11.6. The first-order valence-electron chi connectivity index (χ1n) is 5.99. The van der Waals surface area contributed by atoms with Crippen LogP contribution in [-0.4, -0.2) is 22.0 Å². The highest BCUT2D eigenvalue weighted by atomic mass is 16.2. The van der Waals surface area contributed by atoms with E-state index in [0.29, 0.717) is 18.7 Å². The van der Waals surface area contributed by atoms with E-state index < -0.39 is 0 Å². The monoisotopic (exact) mass is 256 g/mol. The Morgan fingerprint density at radius 2 is 2.16 bits per heavy atom. The summed E-state index contributed by atoms with van der Waals surface area (Å²) in [5.74, 6) is -0.383. The third-order valence-corrected chi connectivity index (χ3v) is 3.36. The molecular weight excluding hydrogens is 244 g/mol. The van der Waals surface area contributed by atoms with Crippen LogP contribution in [-0.2, 0) is 9.59 Å². The number of carbonyl (C=O) groups excluding carboxylic acids is 2. The number of hydrogen-bond acceptors (Lipinski definition) is 5. The Balaban J connectivity index is 2.02. The SMILES string of the molecule is Nc1nncc2cc(C3CCC(=O)NC3=O)ccc12. The molecule has 2 aromatic rings. The summed E-state index contributed by atoms with van der Waals surface area (Å²) < 4.78 is 0. The lowest BCUT2D eigenvalue weighted by Crippen LogP contribution is -2.39. The molecule has 1 fully saturated rings. The third kappa shape index (κ3) is 2.01. The van der Waals surface area contributed by atoms with Gasteiger partial charge in [-0.25, -0.2) is 0 Å². The fourth-order valence-corrected chi connectivity index (χ4v) is 2.36. The van der Waals surface area contributed by atoms with Crippen LogP contribution in [0.1, 0.15) is 24.3 Å². The lowest BCUT2D eigenvalue weighted by Gasteiger charge is -2.21. The second-order valence-electron chi connectivity index (χ2n) is 4.58. The maximum atomic E-state index is 11.8. The molecule has 0 aliphatic carbocycles. The molecule has 1 atom stereocenters. The number of nitrogens with zero attached hydrogens (tertiary/aromatic N) is 2. The number of anilines is 1. The van der Waals surface area contributed by atoms with Crippen molar-refractivity contribution in [1.29, 1.82) is 0 Å². The number of carbonyl (C=O) groups is 2. The molecule has 0 radical (unpaired) electrons. The van der Waals surface area contributed by atoms with Crippen LogP contribution in [0.15, 0.2) is 24.4 Å². The lowest BCUT2D eigenvalue weighted by atomic mass is 9.89. The highest BCUT2D eigenvalue weighted by Gasteiger charge is 2.27. The first kappa shape index (κ1) is 11.6. The Hall–Kier alpha value is -2.50. The van der Waals surface area contributed by atoms with Crippen LogP contribution in [0.4, 0.5) is 5.82 Å². The predicted molar refractivity (Wildman–Crippen MR) is 69.1 cm³/mol. The van der Waals surface area contributed by atoms with Crippen LogP contribution in [0, 0.1) is 0 Å². The zero-order valence-corrected chi connectivity index (χ0v) is 10.1. The van der Waals surface area contributed by atoms with Gasteiger partial charge in [0.1, 0.15) is 0 Å². The highest BCUT2D eigenvalue weighted by molar-refractivity contribution is 6.01. The fourth-order valence-electron chi connectivity index (χ4n) is 2.36. The van der Waals surface area contributed by atoms with E-state index in [4.69, 9.17) is 5.73 Å². The van der Waals surface area contributed by atoms with Gasteiger partial charge in [0.2, 0.25) is 11.8 Å². The van der Waals surface area contributed by atoms with Crippen molar-refractivity contribution in [3.8, 4) is 0 Å². The van der Waals surface area contributed by atoms with Crippen LogP contribution in [0.25, 0.3) is 10.8 Å². The van der Waals surface area contributed by atoms with Crippen molar-refractivity contribution in [2.45, 2.75) is 18.8 Å². The number of fused-ring (bicyclic) bond motifs is 1. The van der Waals surface area contributed by atoms with Gasteiger partial charge in [-0.15, -0.1) is 5.10 Å². The van der Waals surface area contributed by atoms with Crippen molar-refractivity contribution in [1.82, 2.24) is 15.5 Å². The van der Waals surface area contributed by atoms with Crippen molar-refractivity contribution in [3.05, 3.63) is 30.0 Å². The van der Waals surface area contributed by atoms with Gasteiger partial charge in [-0.2, -0.15) is 5.10 Å². The Kier molecular flexibility index (Phi) is 2.63. The van der Waals surface area contributed by atoms with Gasteiger partial charge in [-0.1, -0.05) is 12.1 Å². The number of amides is 2. The standard InChI is InChI=1S/C13H12N4O2/c14-12-9-2-1-7(5-8(9)6-15-17-12)10-3-4-11(18)16-13(10)19/h1-2,5-6,10H,3-4H2,(H2,14,17)(H,16,18,19). The van der Waals surface area contributed by atoms with E-state index in [1.165, 1.54) is 0 Å². The summed E-state index contributed by atoms with van der Waals surface area (Å²) in [5.41, 5.74) is 6.60. The minimum absolute atomic E-state index is 0.211.